The van der Waals surface area contributed by atoms with E-state index >= 15 is 0 Å². The van der Waals surface area contributed by atoms with Gasteiger partial charge in [-0.3, -0.25) is 0 Å². The van der Waals surface area contributed by atoms with Crippen molar-refractivity contribution in [2.75, 3.05) is 0 Å². The summed E-state index contributed by atoms with van der Waals surface area (Å²) in [6, 6.07) is 15.2. The van der Waals surface area contributed by atoms with Gasteiger partial charge in [0.25, 0.3) is 0 Å². The van der Waals surface area contributed by atoms with Crippen molar-refractivity contribution in [3.8, 4) is 17.3 Å². The lowest BCUT2D eigenvalue weighted by atomic mass is 9.82. The molecular formula is C29H31N2O+. The first-order valence-electron chi connectivity index (χ1n) is 11.9. The standard InChI is InChI=1S/C29H31N2O/c1-18(2)22-14-19(3)26(25-12-8-9-13-31(25)4)29-27(22)24-16-20(17-30)15-23(28(24)32-29)21-10-6-5-7-11-21/h8-9,12-16,18,21H,5-7,10-11H2,1-4H3/q+1. The second-order valence-corrected chi connectivity index (χ2v) is 9.70. The normalized spacial score (nSPS) is 15.0. The molecule has 3 heteroatoms. The second kappa shape index (κ2) is 8.10. The fourth-order valence-electron chi connectivity index (χ4n) is 5.58. The number of nitriles is 1. The molecule has 1 fully saturated rings. The van der Waals surface area contributed by atoms with E-state index in [4.69, 9.17) is 4.42 Å². The highest BCUT2D eigenvalue weighted by Gasteiger charge is 2.27. The predicted molar refractivity (Wildman–Crippen MR) is 130 cm³/mol. The molecular weight excluding hydrogens is 392 g/mol. The molecule has 0 unspecified atom stereocenters. The van der Waals surface area contributed by atoms with Gasteiger partial charge in [-0.2, -0.15) is 5.26 Å². The molecule has 1 saturated carbocycles. The molecule has 2 aromatic heterocycles. The molecule has 0 N–H and O–H groups in total. The van der Waals surface area contributed by atoms with Gasteiger partial charge >= 0.3 is 0 Å². The zero-order chi connectivity index (χ0) is 22.4. The third-order valence-corrected chi connectivity index (χ3v) is 7.21. The predicted octanol–water partition coefficient (Wildman–Crippen LogP) is 7.43. The highest BCUT2D eigenvalue weighted by molar-refractivity contribution is 6.12. The Kier molecular flexibility index (Phi) is 5.25. The van der Waals surface area contributed by atoms with Gasteiger partial charge in [-0.05, 0) is 66.5 Å². The maximum absolute atomic E-state index is 9.84. The van der Waals surface area contributed by atoms with E-state index in [-0.39, 0.29) is 0 Å². The Labute approximate surface area is 190 Å². The molecule has 1 aliphatic rings. The Morgan fingerprint density at radius 2 is 1.84 bits per heavy atom. The lowest BCUT2D eigenvalue weighted by Gasteiger charge is -2.22. The number of hydrogen-bond donors (Lipinski definition) is 0. The molecule has 0 atom stereocenters. The van der Waals surface area contributed by atoms with Crippen LogP contribution in [0.25, 0.3) is 33.2 Å². The van der Waals surface area contributed by atoms with Crippen LogP contribution in [0.5, 0.6) is 0 Å². The minimum Gasteiger partial charge on any atom is -0.455 e. The van der Waals surface area contributed by atoms with Crippen molar-refractivity contribution in [2.24, 2.45) is 7.05 Å². The van der Waals surface area contributed by atoms with E-state index in [0.717, 1.165) is 33.4 Å². The highest BCUT2D eigenvalue weighted by atomic mass is 16.3. The summed E-state index contributed by atoms with van der Waals surface area (Å²) in [6.07, 6.45) is 8.26. The van der Waals surface area contributed by atoms with E-state index in [9.17, 15) is 5.26 Å². The summed E-state index contributed by atoms with van der Waals surface area (Å²) in [5.41, 5.74) is 8.72. The Balaban J connectivity index is 1.93. The lowest BCUT2D eigenvalue weighted by molar-refractivity contribution is -0.660. The summed E-state index contributed by atoms with van der Waals surface area (Å²) in [5.74, 6) is 0.833. The first kappa shape index (κ1) is 20.8. The van der Waals surface area contributed by atoms with E-state index in [0.29, 0.717) is 11.8 Å². The molecule has 162 valence electrons. The highest BCUT2D eigenvalue weighted by Crippen LogP contribution is 2.45. The number of benzene rings is 2. The number of hydrogen-bond acceptors (Lipinski definition) is 2. The van der Waals surface area contributed by atoms with Gasteiger partial charge in [0.15, 0.2) is 6.20 Å². The van der Waals surface area contributed by atoms with Crippen LogP contribution in [0.3, 0.4) is 0 Å². The number of nitrogens with zero attached hydrogens (tertiary/aromatic N) is 2. The molecule has 4 aromatic rings. The first-order chi connectivity index (χ1) is 15.5. The van der Waals surface area contributed by atoms with Gasteiger partial charge < -0.3 is 4.42 Å². The van der Waals surface area contributed by atoms with Gasteiger partial charge in [0.05, 0.1) is 17.2 Å². The minimum atomic E-state index is 0.361. The van der Waals surface area contributed by atoms with Crippen LogP contribution in [0, 0.1) is 18.3 Å². The zero-order valence-corrected chi connectivity index (χ0v) is 19.5. The van der Waals surface area contributed by atoms with Gasteiger partial charge in [0.1, 0.15) is 18.2 Å². The number of rotatable bonds is 3. The van der Waals surface area contributed by atoms with Crippen LogP contribution in [0.15, 0.2) is 47.0 Å². The van der Waals surface area contributed by atoms with Crippen molar-refractivity contribution in [2.45, 2.75) is 64.7 Å². The lowest BCUT2D eigenvalue weighted by Crippen LogP contribution is -2.30. The average molecular weight is 424 g/mol. The van der Waals surface area contributed by atoms with Crippen LogP contribution in [0.2, 0.25) is 0 Å². The maximum Gasteiger partial charge on any atom is 0.216 e. The van der Waals surface area contributed by atoms with Crippen molar-refractivity contribution >= 4 is 21.9 Å². The average Bonchev–Trinajstić information content (AvgIpc) is 3.18. The van der Waals surface area contributed by atoms with E-state index in [1.165, 1.54) is 54.2 Å². The van der Waals surface area contributed by atoms with E-state index in [2.05, 4.69) is 75.0 Å². The summed E-state index contributed by atoms with van der Waals surface area (Å²) in [5, 5.41) is 12.1. The third kappa shape index (κ3) is 3.30. The number of pyridine rings is 1. The molecule has 2 aromatic carbocycles. The molecule has 0 amide bonds. The quantitative estimate of drug-likeness (QED) is 0.321. The zero-order valence-electron chi connectivity index (χ0n) is 19.5. The molecule has 5 rings (SSSR count). The van der Waals surface area contributed by atoms with Crippen LogP contribution >= 0.6 is 0 Å². The van der Waals surface area contributed by atoms with E-state index < -0.39 is 0 Å². The van der Waals surface area contributed by atoms with Crippen LogP contribution < -0.4 is 4.57 Å². The summed E-state index contributed by atoms with van der Waals surface area (Å²) >= 11 is 0. The molecule has 0 spiro atoms. The fraction of sp³-hybridized carbons (Fsp3) is 0.379. The van der Waals surface area contributed by atoms with Gasteiger partial charge in [-0.1, -0.05) is 39.2 Å². The van der Waals surface area contributed by atoms with Crippen molar-refractivity contribution in [1.82, 2.24) is 0 Å². The van der Waals surface area contributed by atoms with Crippen LogP contribution in [0.4, 0.5) is 0 Å². The summed E-state index contributed by atoms with van der Waals surface area (Å²) in [7, 11) is 2.08. The molecule has 1 aliphatic carbocycles. The molecule has 0 radical (unpaired) electrons. The Bertz CT molecular complexity index is 1360. The monoisotopic (exact) mass is 423 g/mol. The van der Waals surface area contributed by atoms with Gasteiger partial charge in [0.2, 0.25) is 5.69 Å². The van der Waals surface area contributed by atoms with E-state index in [1.54, 1.807) is 0 Å². The van der Waals surface area contributed by atoms with Crippen molar-refractivity contribution in [1.29, 1.82) is 5.26 Å². The summed E-state index contributed by atoms with van der Waals surface area (Å²) < 4.78 is 8.99. The number of aromatic nitrogens is 1. The molecule has 2 heterocycles. The maximum atomic E-state index is 9.84. The van der Waals surface area contributed by atoms with Gasteiger partial charge in [-0.25, -0.2) is 4.57 Å². The minimum absolute atomic E-state index is 0.361. The Morgan fingerprint density at radius 1 is 1.06 bits per heavy atom. The summed E-state index contributed by atoms with van der Waals surface area (Å²) in [4.78, 5) is 0. The topological polar surface area (TPSA) is 40.8 Å². The molecule has 3 nitrogen and oxygen atoms in total. The van der Waals surface area contributed by atoms with Gasteiger partial charge in [0, 0.05) is 22.9 Å². The largest absolute Gasteiger partial charge is 0.455 e. The molecule has 0 saturated heterocycles. The SMILES string of the molecule is Cc1cc(C(C)C)c2c(oc3c(C4CCCCC4)cc(C#N)cc32)c1-c1cccc[n+]1C. The van der Waals surface area contributed by atoms with Crippen LogP contribution in [-0.2, 0) is 7.05 Å². The van der Waals surface area contributed by atoms with Crippen LogP contribution in [0.1, 0.15) is 80.0 Å². The van der Waals surface area contributed by atoms with Crippen molar-refractivity contribution < 1.29 is 8.98 Å². The summed E-state index contributed by atoms with van der Waals surface area (Å²) in [6.45, 7) is 6.67. The third-order valence-electron chi connectivity index (χ3n) is 7.21. The van der Waals surface area contributed by atoms with Crippen molar-refractivity contribution in [3.05, 3.63) is 64.8 Å². The van der Waals surface area contributed by atoms with Crippen molar-refractivity contribution in [3.63, 3.8) is 0 Å². The fourth-order valence-corrected chi connectivity index (χ4v) is 5.58. The van der Waals surface area contributed by atoms with E-state index in [1.807, 2.05) is 6.07 Å². The molecule has 32 heavy (non-hydrogen) atoms. The number of aryl methyl sites for hydroxylation is 2. The van der Waals surface area contributed by atoms with Crippen LogP contribution in [-0.4, -0.2) is 0 Å². The molecule has 0 aliphatic heterocycles. The smallest absolute Gasteiger partial charge is 0.216 e. The number of fused-ring (bicyclic) bond motifs is 3. The Hall–Kier alpha value is -3.12. The Morgan fingerprint density at radius 3 is 2.53 bits per heavy atom. The second-order valence-electron chi connectivity index (χ2n) is 9.70. The first-order valence-corrected chi connectivity index (χ1v) is 11.9. The number of furan rings is 1. The molecule has 0 bridgehead atoms. The van der Waals surface area contributed by atoms with Gasteiger partial charge in [-0.15, -0.1) is 0 Å².